The van der Waals surface area contributed by atoms with E-state index < -0.39 is 17.9 Å². The summed E-state index contributed by atoms with van der Waals surface area (Å²) in [4.78, 5) is 29.6. The van der Waals surface area contributed by atoms with Gasteiger partial charge in [0.2, 0.25) is 0 Å². The maximum absolute atomic E-state index is 13.2. The molecule has 7 nitrogen and oxygen atoms in total. The molecule has 3 rings (SSSR count). The molecule has 2 aromatic carbocycles. The number of carbonyl (C=O) groups is 2. The van der Waals surface area contributed by atoms with Crippen LogP contribution < -0.4 is 5.32 Å². The molecule has 1 heterocycles. The highest BCUT2D eigenvalue weighted by Crippen LogP contribution is 2.28. The van der Waals surface area contributed by atoms with E-state index >= 15 is 0 Å². The number of rotatable bonds is 11. The van der Waals surface area contributed by atoms with Gasteiger partial charge in [0.15, 0.2) is 0 Å². The highest BCUT2D eigenvalue weighted by Gasteiger charge is 2.25. The number of amides is 1. The highest BCUT2D eigenvalue weighted by atomic mass is 35.5. The van der Waals surface area contributed by atoms with E-state index in [0.29, 0.717) is 18.6 Å². The van der Waals surface area contributed by atoms with Gasteiger partial charge >= 0.3 is 5.97 Å². The first-order valence-corrected chi connectivity index (χ1v) is 11.6. The molecule has 1 atom stereocenters. The number of alkyl halides is 1. The van der Waals surface area contributed by atoms with Gasteiger partial charge in [0.05, 0.1) is 34.1 Å². The van der Waals surface area contributed by atoms with Crippen LogP contribution in [-0.2, 0) is 0 Å². The van der Waals surface area contributed by atoms with Crippen molar-refractivity contribution in [2.24, 2.45) is 0 Å². The van der Waals surface area contributed by atoms with Gasteiger partial charge in [0.25, 0.3) is 5.91 Å². The minimum absolute atomic E-state index is 0.0401. The van der Waals surface area contributed by atoms with Crippen LogP contribution in [-0.4, -0.2) is 38.1 Å². The van der Waals surface area contributed by atoms with Gasteiger partial charge in [-0.3, -0.25) is 4.79 Å². The van der Waals surface area contributed by atoms with Crippen LogP contribution >= 0.6 is 11.6 Å². The van der Waals surface area contributed by atoms with Crippen LogP contribution in [0.25, 0.3) is 11.0 Å². The van der Waals surface area contributed by atoms with Crippen molar-refractivity contribution in [1.29, 1.82) is 5.41 Å². The molecule has 3 aromatic rings. The molecule has 0 saturated heterocycles. The molecule has 33 heavy (non-hydrogen) atoms. The number of carbonyl (C=O) groups excluding carboxylic acids is 1. The lowest BCUT2D eigenvalue weighted by Crippen LogP contribution is -2.32. The molecule has 0 bridgehead atoms. The number of unbranched alkanes of at least 4 members (excludes halogenated alkanes) is 1. The number of carboxylic acid groups (broad SMARTS) is 1. The molecule has 0 aliphatic heterocycles. The van der Waals surface area contributed by atoms with Crippen molar-refractivity contribution >= 4 is 40.2 Å². The number of para-hydroxylation sites is 2. The van der Waals surface area contributed by atoms with E-state index in [9.17, 15) is 14.7 Å². The van der Waals surface area contributed by atoms with Gasteiger partial charge in [0.1, 0.15) is 5.82 Å². The summed E-state index contributed by atoms with van der Waals surface area (Å²) in [6, 6.07) is 13.7. The third-order valence-electron chi connectivity index (χ3n) is 5.54. The zero-order chi connectivity index (χ0) is 24.0. The summed E-state index contributed by atoms with van der Waals surface area (Å²) in [7, 11) is 0. The summed E-state index contributed by atoms with van der Waals surface area (Å²) in [5, 5.41) is 20.3. The fourth-order valence-corrected chi connectivity index (χ4v) is 4.11. The Morgan fingerprint density at radius 2 is 1.76 bits per heavy atom. The average Bonchev–Trinajstić information content (AvgIpc) is 3.20. The SMILES string of the molecule is CC(C)n1c([C@H](CCCCC(=N)CCl)NC(=O)c2ccccc2C(=O)O)nc2ccccc21. The zero-order valence-corrected chi connectivity index (χ0v) is 19.6. The molecule has 0 unspecified atom stereocenters. The summed E-state index contributed by atoms with van der Waals surface area (Å²) in [5.74, 6) is -0.644. The molecule has 0 radical (unpaired) electrons. The van der Waals surface area contributed by atoms with Gasteiger partial charge in [-0.1, -0.05) is 30.7 Å². The molecular formula is C25H29ClN4O3. The predicted octanol–water partition coefficient (Wildman–Crippen LogP) is 5.61. The van der Waals surface area contributed by atoms with Crippen molar-refractivity contribution in [2.45, 2.75) is 51.6 Å². The molecule has 8 heteroatoms. The van der Waals surface area contributed by atoms with Crippen LogP contribution in [0.5, 0.6) is 0 Å². The lowest BCUT2D eigenvalue weighted by molar-refractivity contribution is 0.0690. The number of hydrogen-bond donors (Lipinski definition) is 3. The average molecular weight is 469 g/mol. The number of nitrogens with zero attached hydrogens (tertiary/aromatic N) is 2. The van der Waals surface area contributed by atoms with Gasteiger partial charge in [-0.2, -0.15) is 0 Å². The van der Waals surface area contributed by atoms with Gasteiger partial charge in [-0.05, 0) is 57.4 Å². The summed E-state index contributed by atoms with van der Waals surface area (Å²) >= 11 is 5.72. The van der Waals surface area contributed by atoms with Crippen LogP contribution in [0.2, 0.25) is 0 Å². The summed E-state index contributed by atoms with van der Waals surface area (Å²) in [6.07, 6.45) is 2.73. The first-order chi connectivity index (χ1) is 15.8. The molecule has 3 N–H and O–H groups in total. The minimum Gasteiger partial charge on any atom is -0.478 e. The Kier molecular flexibility index (Phi) is 8.22. The number of carboxylic acids is 1. The molecule has 0 fully saturated rings. The number of fused-ring (bicyclic) bond motifs is 1. The quantitative estimate of drug-likeness (QED) is 0.193. The van der Waals surface area contributed by atoms with E-state index in [4.69, 9.17) is 22.0 Å². The number of benzene rings is 2. The van der Waals surface area contributed by atoms with Gasteiger partial charge < -0.3 is 20.4 Å². The monoisotopic (exact) mass is 468 g/mol. The number of imidazole rings is 1. The van der Waals surface area contributed by atoms with E-state index in [1.165, 1.54) is 12.1 Å². The second kappa shape index (κ2) is 11.1. The standard InChI is InChI=1S/C25H29ClN4O3/c1-16(2)30-22-14-8-7-12-20(22)28-23(30)21(13-6-3-9-17(27)15-26)29-24(31)18-10-4-5-11-19(18)25(32)33/h4-5,7-8,10-12,14,16,21,27H,3,6,9,13,15H2,1-2H3,(H,29,31)(H,32,33)/t21-/m0/s1. The second-order valence-corrected chi connectivity index (χ2v) is 8.55. The molecular weight excluding hydrogens is 440 g/mol. The third kappa shape index (κ3) is 5.79. The molecule has 0 spiro atoms. The lowest BCUT2D eigenvalue weighted by Gasteiger charge is -2.22. The molecule has 1 amide bonds. The Bertz CT molecular complexity index is 1160. The van der Waals surface area contributed by atoms with Crippen molar-refractivity contribution in [3.05, 3.63) is 65.5 Å². The number of halogens is 1. The highest BCUT2D eigenvalue weighted by molar-refractivity contribution is 6.28. The van der Waals surface area contributed by atoms with Crippen molar-refractivity contribution in [3.8, 4) is 0 Å². The van der Waals surface area contributed by atoms with Gasteiger partial charge in [-0.15, -0.1) is 11.6 Å². The lowest BCUT2D eigenvalue weighted by atomic mass is 10.0. The largest absolute Gasteiger partial charge is 0.478 e. The fraction of sp³-hybridized carbons (Fsp3) is 0.360. The summed E-state index contributed by atoms with van der Waals surface area (Å²) in [6.45, 7) is 4.13. The summed E-state index contributed by atoms with van der Waals surface area (Å²) in [5.41, 5.74) is 2.39. The van der Waals surface area contributed by atoms with E-state index in [2.05, 4.69) is 23.7 Å². The Labute approximate surface area is 198 Å². The van der Waals surface area contributed by atoms with E-state index in [1.54, 1.807) is 12.1 Å². The van der Waals surface area contributed by atoms with Crippen LogP contribution in [0.4, 0.5) is 0 Å². The third-order valence-corrected chi connectivity index (χ3v) is 5.86. The number of hydrogen-bond acceptors (Lipinski definition) is 4. The number of nitrogens with one attached hydrogen (secondary N) is 2. The van der Waals surface area contributed by atoms with Crippen molar-refractivity contribution in [1.82, 2.24) is 14.9 Å². The molecule has 1 aromatic heterocycles. The van der Waals surface area contributed by atoms with E-state index in [-0.39, 0.29) is 23.0 Å². The van der Waals surface area contributed by atoms with Crippen molar-refractivity contribution in [3.63, 3.8) is 0 Å². The Balaban J connectivity index is 1.95. The molecule has 0 saturated carbocycles. The summed E-state index contributed by atoms with van der Waals surface area (Å²) < 4.78 is 2.12. The van der Waals surface area contributed by atoms with Crippen LogP contribution in [0.3, 0.4) is 0 Å². The zero-order valence-electron chi connectivity index (χ0n) is 18.8. The maximum atomic E-state index is 13.2. The number of aromatic carboxylic acids is 1. The van der Waals surface area contributed by atoms with Crippen LogP contribution in [0.15, 0.2) is 48.5 Å². The normalized spacial score (nSPS) is 12.1. The van der Waals surface area contributed by atoms with Gasteiger partial charge in [-0.25, -0.2) is 9.78 Å². The first-order valence-electron chi connectivity index (χ1n) is 11.1. The molecule has 0 aliphatic carbocycles. The minimum atomic E-state index is -1.15. The maximum Gasteiger partial charge on any atom is 0.336 e. The molecule has 174 valence electrons. The van der Waals surface area contributed by atoms with E-state index in [1.807, 2.05) is 24.3 Å². The predicted molar refractivity (Wildman–Crippen MR) is 131 cm³/mol. The van der Waals surface area contributed by atoms with Crippen molar-refractivity contribution < 1.29 is 14.7 Å². The Hall–Kier alpha value is -3.19. The molecule has 0 aliphatic rings. The van der Waals surface area contributed by atoms with Crippen LogP contribution in [0.1, 0.15) is 78.2 Å². The van der Waals surface area contributed by atoms with E-state index in [0.717, 1.165) is 29.7 Å². The second-order valence-electron chi connectivity index (χ2n) is 8.28. The Morgan fingerprint density at radius 3 is 2.42 bits per heavy atom. The smallest absolute Gasteiger partial charge is 0.336 e. The first kappa shape index (κ1) is 24.5. The number of aromatic nitrogens is 2. The van der Waals surface area contributed by atoms with Crippen LogP contribution in [0, 0.1) is 5.41 Å². The fourth-order valence-electron chi connectivity index (χ4n) is 3.97. The Morgan fingerprint density at radius 1 is 1.09 bits per heavy atom. The van der Waals surface area contributed by atoms with Crippen molar-refractivity contribution in [2.75, 3.05) is 5.88 Å². The topological polar surface area (TPSA) is 108 Å². The van der Waals surface area contributed by atoms with Gasteiger partial charge in [0, 0.05) is 11.8 Å².